The maximum Gasteiger partial charge on any atom is 0.343 e. The zero-order valence-corrected chi connectivity index (χ0v) is 14.4. The van der Waals surface area contributed by atoms with Crippen LogP contribution in [0, 0.1) is 6.92 Å². The number of hydrazone groups is 1. The van der Waals surface area contributed by atoms with Crippen molar-refractivity contribution < 1.29 is 9.53 Å². The van der Waals surface area contributed by atoms with E-state index in [2.05, 4.69) is 15.8 Å². The molecule has 6 heteroatoms. The SMILES string of the molecule is CCNC(=S)N/N=C\c1ccc(OC(=O)c2ccccc2C)cc1. The van der Waals surface area contributed by atoms with Crippen molar-refractivity contribution in [2.45, 2.75) is 13.8 Å². The summed E-state index contributed by atoms with van der Waals surface area (Å²) in [5.41, 5.74) is 5.01. The maximum absolute atomic E-state index is 12.1. The molecule has 0 spiro atoms. The van der Waals surface area contributed by atoms with Crippen molar-refractivity contribution >= 4 is 29.5 Å². The van der Waals surface area contributed by atoms with Crippen LogP contribution < -0.4 is 15.5 Å². The van der Waals surface area contributed by atoms with E-state index >= 15 is 0 Å². The lowest BCUT2D eigenvalue weighted by atomic mass is 10.1. The Kier molecular flexibility index (Phi) is 6.45. The molecule has 0 radical (unpaired) electrons. The summed E-state index contributed by atoms with van der Waals surface area (Å²) >= 11 is 5.00. The fourth-order valence-electron chi connectivity index (χ4n) is 1.95. The molecule has 0 aliphatic heterocycles. The molecule has 124 valence electrons. The molecule has 2 aromatic carbocycles. The van der Waals surface area contributed by atoms with Gasteiger partial charge in [-0.05, 0) is 67.5 Å². The van der Waals surface area contributed by atoms with E-state index < -0.39 is 0 Å². The molecular weight excluding hydrogens is 322 g/mol. The standard InChI is InChI=1S/C18H19N3O2S/c1-3-19-18(24)21-20-12-14-8-10-15(11-9-14)23-17(22)16-7-5-4-6-13(16)2/h4-12H,3H2,1-2H3,(H2,19,21,24)/b20-12-. The number of rotatable bonds is 5. The summed E-state index contributed by atoms with van der Waals surface area (Å²) < 4.78 is 5.38. The lowest BCUT2D eigenvalue weighted by Gasteiger charge is -2.06. The van der Waals surface area contributed by atoms with Crippen LogP contribution in [-0.4, -0.2) is 23.8 Å². The Bertz CT molecular complexity index is 742. The van der Waals surface area contributed by atoms with Crippen molar-refractivity contribution in [3.05, 3.63) is 65.2 Å². The van der Waals surface area contributed by atoms with Crippen LogP contribution in [0.4, 0.5) is 0 Å². The molecule has 5 nitrogen and oxygen atoms in total. The van der Waals surface area contributed by atoms with Gasteiger partial charge in [0.25, 0.3) is 0 Å². The van der Waals surface area contributed by atoms with Gasteiger partial charge in [-0.1, -0.05) is 18.2 Å². The van der Waals surface area contributed by atoms with Crippen LogP contribution in [0.25, 0.3) is 0 Å². The van der Waals surface area contributed by atoms with Crippen molar-refractivity contribution in [3.63, 3.8) is 0 Å². The summed E-state index contributed by atoms with van der Waals surface area (Å²) in [4.78, 5) is 12.1. The predicted molar refractivity (Wildman–Crippen MR) is 99.6 cm³/mol. The molecule has 2 N–H and O–H groups in total. The van der Waals surface area contributed by atoms with Crippen LogP contribution in [-0.2, 0) is 0 Å². The quantitative estimate of drug-likeness (QED) is 0.288. The monoisotopic (exact) mass is 341 g/mol. The summed E-state index contributed by atoms with van der Waals surface area (Å²) in [7, 11) is 0. The molecule has 24 heavy (non-hydrogen) atoms. The van der Waals surface area contributed by atoms with Gasteiger partial charge in [0.05, 0.1) is 11.8 Å². The third kappa shape index (κ3) is 5.17. The van der Waals surface area contributed by atoms with E-state index in [-0.39, 0.29) is 5.97 Å². The third-order valence-corrected chi connectivity index (χ3v) is 3.41. The number of hydrogen-bond donors (Lipinski definition) is 2. The number of hydrogen-bond acceptors (Lipinski definition) is 4. The Morgan fingerprint density at radius 2 is 1.92 bits per heavy atom. The summed E-state index contributed by atoms with van der Waals surface area (Å²) in [6, 6.07) is 14.4. The fraction of sp³-hybridized carbons (Fsp3) is 0.167. The summed E-state index contributed by atoms with van der Waals surface area (Å²) in [5.74, 6) is 0.115. The summed E-state index contributed by atoms with van der Waals surface area (Å²) in [5, 5.41) is 7.43. The average molecular weight is 341 g/mol. The first-order chi connectivity index (χ1) is 11.6. The highest BCUT2D eigenvalue weighted by molar-refractivity contribution is 7.80. The molecule has 0 atom stereocenters. The molecule has 0 heterocycles. The zero-order valence-electron chi connectivity index (χ0n) is 13.6. The number of nitrogens with zero attached hydrogens (tertiary/aromatic N) is 1. The van der Waals surface area contributed by atoms with Crippen LogP contribution in [0.15, 0.2) is 53.6 Å². The second-order valence-corrected chi connectivity index (χ2v) is 5.41. The molecule has 0 bridgehead atoms. The maximum atomic E-state index is 12.1. The molecule has 0 unspecified atom stereocenters. The number of ether oxygens (including phenoxy) is 1. The van der Waals surface area contributed by atoms with E-state index in [1.54, 1.807) is 24.4 Å². The minimum absolute atomic E-state index is 0.368. The normalized spacial score (nSPS) is 10.4. The van der Waals surface area contributed by atoms with Gasteiger partial charge in [-0.3, -0.25) is 5.43 Å². The molecule has 0 aliphatic carbocycles. The Hall–Kier alpha value is -2.73. The van der Waals surface area contributed by atoms with Gasteiger partial charge >= 0.3 is 5.97 Å². The number of thiocarbonyl (C=S) groups is 1. The molecule has 0 aromatic heterocycles. The highest BCUT2D eigenvalue weighted by Crippen LogP contribution is 2.15. The van der Waals surface area contributed by atoms with Gasteiger partial charge in [-0.2, -0.15) is 5.10 Å². The molecular formula is C18H19N3O2S. The second-order valence-electron chi connectivity index (χ2n) is 5.00. The van der Waals surface area contributed by atoms with Crippen molar-refractivity contribution in [1.82, 2.24) is 10.7 Å². The van der Waals surface area contributed by atoms with Crippen LogP contribution in [0.2, 0.25) is 0 Å². The van der Waals surface area contributed by atoms with Crippen LogP contribution in [0.5, 0.6) is 5.75 Å². The van der Waals surface area contributed by atoms with Gasteiger partial charge in [-0.15, -0.1) is 0 Å². The minimum atomic E-state index is -0.368. The van der Waals surface area contributed by atoms with Crippen molar-refractivity contribution in [2.24, 2.45) is 5.10 Å². The van der Waals surface area contributed by atoms with Crippen molar-refractivity contribution in [1.29, 1.82) is 0 Å². The van der Waals surface area contributed by atoms with E-state index in [9.17, 15) is 4.79 Å². The fourth-order valence-corrected chi connectivity index (χ4v) is 2.15. The van der Waals surface area contributed by atoms with Gasteiger partial charge in [-0.25, -0.2) is 4.79 Å². The Balaban J connectivity index is 1.95. The number of esters is 1. The summed E-state index contributed by atoms with van der Waals surface area (Å²) in [6.45, 7) is 4.57. The van der Waals surface area contributed by atoms with E-state index in [1.807, 2.05) is 44.2 Å². The van der Waals surface area contributed by atoms with Crippen LogP contribution in [0.3, 0.4) is 0 Å². The van der Waals surface area contributed by atoms with E-state index in [0.717, 1.165) is 17.7 Å². The van der Waals surface area contributed by atoms with Crippen molar-refractivity contribution in [3.8, 4) is 5.75 Å². The van der Waals surface area contributed by atoms with Gasteiger partial charge < -0.3 is 10.1 Å². The van der Waals surface area contributed by atoms with Crippen LogP contribution in [0.1, 0.15) is 28.4 Å². The second kappa shape index (κ2) is 8.79. The number of benzene rings is 2. The number of aryl methyl sites for hydroxylation is 1. The first-order valence-electron chi connectivity index (χ1n) is 7.55. The van der Waals surface area contributed by atoms with E-state index in [1.165, 1.54) is 0 Å². The van der Waals surface area contributed by atoms with Gasteiger partial charge in [0.2, 0.25) is 0 Å². The molecule has 2 aromatic rings. The van der Waals surface area contributed by atoms with Gasteiger partial charge in [0.15, 0.2) is 5.11 Å². The molecule has 0 saturated heterocycles. The Morgan fingerprint density at radius 1 is 1.21 bits per heavy atom. The lowest BCUT2D eigenvalue weighted by molar-refractivity contribution is 0.0734. The third-order valence-electron chi connectivity index (χ3n) is 3.17. The first-order valence-corrected chi connectivity index (χ1v) is 7.95. The van der Waals surface area contributed by atoms with Gasteiger partial charge in [0, 0.05) is 6.54 Å². The zero-order chi connectivity index (χ0) is 17.4. The first kappa shape index (κ1) is 17.6. The number of nitrogens with one attached hydrogen (secondary N) is 2. The average Bonchev–Trinajstić information content (AvgIpc) is 2.57. The molecule has 0 amide bonds. The molecule has 2 rings (SSSR count). The van der Waals surface area contributed by atoms with E-state index in [4.69, 9.17) is 17.0 Å². The largest absolute Gasteiger partial charge is 0.423 e. The topological polar surface area (TPSA) is 62.7 Å². The highest BCUT2D eigenvalue weighted by atomic mass is 32.1. The predicted octanol–water partition coefficient (Wildman–Crippen LogP) is 3.03. The molecule has 0 saturated carbocycles. The number of carbonyl (C=O) groups is 1. The van der Waals surface area contributed by atoms with Crippen LogP contribution >= 0.6 is 12.2 Å². The minimum Gasteiger partial charge on any atom is -0.423 e. The van der Waals surface area contributed by atoms with Gasteiger partial charge in [0.1, 0.15) is 5.75 Å². The highest BCUT2D eigenvalue weighted by Gasteiger charge is 2.10. The summed E-state index contributed by atoms with van der Waals surface area (Å²) in [6.07, 6.45) is 1.64. The molecule has 0 aliphatic rings. The Morgan fingerprint density at radius 3 is 2.58 bits per heavy atom. The smallest absolute Gasteiger partial charge is 0.343 e. The van der Waals surface area contributed by atoms with Crippen molar-refractivity contribution in [2.75, 3.05) is 6.54 Å². The molecule has 0 fully saturated rings. The van der Waals surface area contributed by atoms with E-state index in [0.29, 0.717) is 16.4 Å². The lowest BCUT2D eigenvalue weighted by Crippen LogP contribution is -2.31. The number of carbonyl (C=O) groups excluding carboxylic acids is 1. The Labute approximate surface area is 146 Å².